The normalized spacial score (nSPS) is 10.9. The largest absolute Gasteiger partial charge is 0.453 e. The SMILES string of the molecule is COC(=O)Nc1ccc(-c2cnc3ccc(C(=O)N(C)c4cccc(C(F)F)c4)cn23)cn1. The number of pyridine rings is 2. The highest BCUT2D eigenvalue weighted by molar-refractivity contribution is 6.05. The number of hydrogen-bond donors (Lipinski definition) is 1. The van der Waals surface area contributed by atoms with Gasteiger partial charge < -0.3 is 9.64 Å². The maximum Gasteiger partial charge on any atom is 0.412 e. The van der Waals surface area contributed by atoms with Crippen molar-refractivity contribution >= 4 is 29.2 Å². The molecule has 0 saturated heterocycles. The summed E-state index contributed by atoms with van der Waals surface area (Å²) >= 11 is 0. The average molecular weight is 451 g/mol. The minimum atomic E-state index is -2.62. The zero-order chi connectivity index (χ0) is 23.5. The fourth-order valence-electron chi connectivity index (χ4n) is 3.28. The minimum absolute atomic E-state index is 0.155. The van der Waals surface area contributed by atoms with Crippen LogP contribution < -0.4 is 10.2 Å². The Bertz CT molecular complexity index is 1320. The van der Waals surface area contributed by atoms with Crippen molar-refractivity contribution in [3.63, 3.8) is 0 Å². The molecule has 1 N–H and O–H groups in total. The van der Waals surface area contributed by atoms with E-state index in [1.54, 1.807) is 53.3 Å². The lowest BCUT2D eigenvalue weighted by Crippen LogP contribution is -2.26. The van der Waals surface area contributed by atoms with E-state index in [0.29, 0.717) is 34.0 Å². The lowest BCUT2D eigenvalue weighted by atomic mass is 10.1. The summed E-state index contributed by atoms with van der Waals surface area (Å²) in [7, 11) is 2.79. The Morgan fingerprint density at radius 1 is 1.09 bits per heavy atom. The number of nitrogens with one attached hydrogen (secondary N) is 1. The third-order valence-electron chi connectivity index (χ3n) is 5.04. The van der Waals surface area contributed by atoms with Gasteiger partial charge in [-0.15, -0.1) is 0 Å². The number of nitrogens with zero attached hydrogens (tertiary/aromatic N) is 4. The number of benzene rings is 1. The van der Waals surface area contributed by atoms with Crippen molar-refractivity contribution in [1.82, 2.24) is 14.4 Å². The van der Waals surface area contributed by atoms with Gasteiger partial charge in [-0.2, -0.15) is 0 Å². The smallest absolute Gasteiger partial charge is 0.412 e. The number of hydrogen-bond acceptors (Lipinski definition) is 5. The van der Waals surface area contributed by atoms with Crippen LogP contribution in [0.1, 0.15) is 22.3 Å². The summed E-state index contributed by atoms with van der Waals surface area (Å²) in [6.07, 6.45) is 1.58. The van der Waals surface area contributed by atoms with Gasteiger partial charge in [0.05, 0.1) is 24.6 Å². The van der Waals surface area contributed by atoms with Crippen LogP contribution in [0, 0.1) is 0 Å². The molecule has 8 nitrogen and oxygen atoms in total. The van der Waals surface area contributed by atoms with Gasteiger partial charge in [-0.05, 0) is 36.4 Å². The zero-order valence-electron chi connectivity index (χ0n) is 17.7. The summed E-state index contributed by atoms with van der Waals surface area (Å²) in [5, 5.41) is 2.47. The van der Waals surface area contributed by atoms with E-state index in [4.69, 9.17) is 0 Å². The molecule has 0 bridgehead atoms. The molecule has 168 valence electrons. The maximum absolute atomic E-state index is 13.1. The summed E-state index contributed by atoms with van der Waals surface area (Å²) in [4.78, 5) is 34.2. The molecule has 0 aliphatic heterocycles. The molecule has 0 aliphatic carbocycles. The fraction of sp³-hybridized carbons (Fsp3) is 0.130. The number of methoxy groups -OCH3 is 1. The first kappa shape index (κ1) is 21.9. The Morgan fingerprint density at radius 2 is 1.91 bits per heavy atom. The maximum atomic E-state index is 13.1. The van der Waals surface area contributed by atoms with Crippen LogP contribution in [0.3, 0.4) is 0 Å². The molecule has 0 unspecified atom stereocenters. The first-order chi connectivity index (χ1) is 15.9. The average Bonchev–Trinajstić information content (AvgIpc) is 3.26. The van der Waals surface area contributed by atoms with Crippen molar-refractivity contribution in [3.8, 4) is 11.3 Å². The van der Waals surface area contributed by atoms with Crippen molar-refractivity contribution in [3.05, 3.63) is 78.2 Å². The Balaban J connectivity index is 1.63. The van der Waals surface area contributed by atoms with Gasteiger partial charge in [0.1, 0.15) is 11.5 Å². The summed E-state index contributed by atoms with van der Waals surface area (Å²) < 4.78 is 32.4. The number of alkyl halides is 2. The van der Waals surface area contributed by atoms with Gasteiger partial charge in [0.15, 0.2) is 0 Å². The van der Waals surface area contributed by atoms with Crippen molar-refractivity contribution in [1.29, 1.82) is 0 Å². The van der Waals surface area contributed by atoms with E-state index in [1.165, 1.54) is 37.3 Å². The van der Waals surface area contributed by atoms with E-state index in [2.05, 4.69) is 20.0 Å². The number of imidazole rings is 1. The van der Waals surface area contributed by atoms with Crippen LogP contribution in [0.25, 0.3) is 16.9 Å². The molecule has 0 spiro atoms. The Labute approximate surface area is 187 Å². The third-order valence-corrected chi connectivity index (χ3v) is 5.04. The molecule has 10 heteroatoms. The number of carbonyl (C=O) groups excluding carboxylic acids is 2. The number of rotatable bonds is 5. The number of amides is 2. The first-order valence-electron chi connectivity index (χ1n) is 9.82. The molecule has 3 heterocycles. The standard InChI is InChI=1S/C23H19F2N5O3/c1-29(17-5-3-4-14(10-17)21(24)25)22(31)16-7-9-20-27-12-18(30(20)13-16)15-6-8-19(26-11-15)28-23(32)33-2/h3-13,21H,1-2H3,(H,26,28,32). The second-order valence-electron chi connectivity index (χ2n) is 7.10. The number of fused-ring (bicyclic) bond motifs is 1. The molecule has 33 heavy (non-hydrogen) atoms. The van der Waals surface area contributed by atoms with Gasteiger partial charge in [0.25, 0.3) is 12.3 Å². The topological polar surface area (TPSA) is 88.8 Å². The van der Waals surface area contributed by atoms with E-state index in [0.717, 1.165) is 0 Å². The third kappa shape index (κ3) is 4.49. The van der Waals surface area contributed by atoms with Crippen molar-refractivity contribution in [2.24, 2.45) is 0 Å². The highest BCUT2D eigenvalue weighted by Gasteiger charge is 2.17. The second kappa shape index (κ2) is 9.03. The van der Waals surface area contributed by atoms with Crippen molar-refractivity contribution < 1.29 is 23.1 Å². The molecule has 0 radical (unpaired) electrons. The molecule has 2 amide bonds. The number of carbonyl (C=O) groups is 2. The molecule has 4 aromatic rings. The first-order valence-corrected chi connectivity index (χ1v) is 9.82. The predicted molar refractivity (Wildman–Crippen MR) is 119 cm³/mol. The van der Waals surface area contributed by atoms with Gasteiger partial charge in [-0.25, -0.2) is 23.5 Å². The highest BCUT2D eigenvalue weighted by Crippen LogP contribution is 2.25. The number of halogens is 2. The van der Waals surface area contributed by atoms with Crippen LogP contribution in [0.2, 0.25) is 0 Å². The molecular formula is C23H19F2N5O3. The number of ether oxygens (including phenoxy) is 1. The van der Waals surface area contributed by atoms with E-state index >= 15 is 0 Å². The summed E-state index contributed by atoms with van der Waals surface area (Å²) in [5.74, 6) is -0.0401. The number of anilines is 2. The molecule has 4 rings (SSSR count). The Kier molecular flexibility index (Phi) is 5.99. The van der Waals surface area contributed by atoms with Gasteiger partial charge >= 0.3 is 6.09 Å². The molecule has 0 fully saturated rings. The van der Waals surface area contributed by atoms with Gasteiger partial charge in [-0.1, -0.05) is 12.1 Å². The van der Waals surface area contributed by atoms with Crippen LogP contribution in [0.5, 0.6) is 0 Å². The van der Waals surface area contributed by atoms with E-state index < -0.39 is 12.5 Å². The lowest BCUT2D eigenvalue weighted by Gasteiger charge is -2.18. The molecular weight excluding hydrogens is 432 g/mol. The van der Waals surface area contributed by atoms with Crippen LogP contribution in [0.4, 0.5) is 25.1 Å². The Hall–Kier alpha value is -4.34. The molecule has 0 saturated carbocycles. The monoisotopic (exact) mass is 451 g/mol. The van der Waals surface area contributed by atoms with Crippen LogP contribution in [0.15, 0.2) is 67.1 Å². The second-order valence-corrected chi connectivity index (χ2v) is 7.10. The zero-order valence-corrected chi connectivity index (χ0v) is 17.7. The predicted octanol–water partition coefficient (Wildman–Crippen LogP) is 4.79. The van der Waals surface area contributed by atoms with E-state index in [9.17, 15) is 18.4 Å². The van der Waals surface area contributed by atoms with Crippen molar-refractivity contribution in [2.45, 2.75) is 6.43 Å². The summed E-state index contributed by atoms with van der Waals surface area (Å²) in [6.45, 7) is 0. The van der Waals surface area contributed by atoms with Gasteiger partial charge in [0, 0.05) is 36.3 Å². The molecule has 0 atom stereocenters. The highest BCUT2D eigenvalue weighted by atomic mass is 19.3. The minimum Gasteiger partial charge on any atom is -0.453 e. The van der Waals surface area contributed by atoms with Crippen LogP contribution in [-0.4, -0.2) is 40.5 Å². The quantitative estimate of drug-likeness (QED) is 0.471. The summed E-state index contributed by atoms with van der Waals surface area (Å²) in [5.41, 5.74) is 2.56. The van der Waals surface area contributed by atoms with Gasteiger partial charge in [-0.3, -0.25) is 14.5 Å². The van der Waals surface area contributed by atoms with Crippen LogP contribution in [-0.2, 0) is 4.74 Å². The van der Waals surface area contributed by atoms with Gasteiger partial charge in [0.2, 0.25) is 0 Å². The Morgan fingerprint density at radius 3 is 2.61 bits per heavy atom. The van der Waals surface area contributed by atoms with Crippen LogP contribution >= 0.6 is 0 Å². The molecule has 0 aliphatic rings. The summed E-state index contributed by atoms with van der Waals surface area (Å²) in [6, 6.07) is 12.4. The molecule has 1 aromatic carbocycles. The molecule has 3 aromatic heterocycles. The number of aromatic nitrogens is 3. The van der Waals surface area contributed by atoms with Crippen molar-refractivity contribution in [2.75, 3.05) is 24.4 Å². The fourth-order valence-corrected chi connectivity index (χ4v) is 3.28. The van der Waals surface area contributed by atoms with E-state index in [-0.39, 0.29) is 11.5 Å². The van der Waals surface area contributed by atoms with E-state index in [1.807, 2.05) is 0 Å². The lowest BCUT2D eigenvalue weighted by molar-refractivity contribution is 0.0992.